The van der Waals surface area contributed by atoms with Crippen molar-refractivity contribution >= 4 is 29.2 Å². The van der Waals surface area contributed by atoms with E-state index in [1.807, 2.05) is 38.3 Å². The number of benzene rings is 1. The molecule has 0 fully saturated rings. The number of carbonyl (C=O) groups is 1. The van der Waals surface area contributed by atoms with Crippen LogP contribution in [-0.4, -0.2) is 28.2 Å². The molecule has 2 N–H and O–H groups in total. The van der Waals surface area contributed by atoms with Gasteiger partial charge in [0.05, 0.1) is 24.1 Å². The van der Waals surface area contributed by atoms with Gasteiger partial charge in [-0.2, -0.15) is 0 Å². The van der Waals surface area contributed by atoms with Gasteiger partial charge >= 0.3 is 0 Å². The number of hydrogen-bond donors (Lipinski definition) is 2. The van der Waals surface area contributed by atoms with Crippen LogP contribution in [0.4, 0.5) is 11.5 Å². The SMILES string of the molecule is CC[C@@H]1Oc2cc([C@@H](C)Nc3cncc(SC)n3)ccc2NC1=O. The zero-order valence-corrected chi connectivity index (χ0v) is 14.7. The lowest BCUT2D eigenvalue weighted by Crippen LogP contribution is -2.36. The van der Waals surface area contributed by atoms with Gasteiger partial charge < -0.3 is 15.4 Å². The zero-order chi connectivity index (χ0) is 17.1. The Balaban J connectivity index is 1.78. The maximum Gasteiger partial charge on any atom is 0.265 e. The Kier molecular flexibility index (Phi) is 4.89. The summed E-state index contributed by atoms with van der Waals surface area (Å²) in [5.74, 6) is 1.34. The number of aromatic nitrogens is 2. The minimum absolute atomic E-state index is 0.0306. The molecule has 0 saturated carbocycles. The molecule has 2 heterocycles. The minimum Gasteiger partial charge on any atom is -0.478 e. The number of fused-ring (bicyclic) bond motifs is 1. The lowest BCUT2D eigenvalue weighted by atomic mass is 10.1. The van der Waals surface area contributed by atoms with Crippen molar-refractivity contribution in [3.63, 3.8) is 0 Å². The maximum atomic E-state index is 11.8. The van der Waals surface area contributed by atoms with Crippen LogP contribution < -0.4 is 15.4 Å². The highest BCUT2D eigenvalue weighted by atomic mass is 32.2. The Morgan fingerprint density at radius 1 is 1.42 bits per heavy atom. The fraction of sp³-hybridized carbons (Fsp3) is 0.353. The van der Waals surface area contributed by atoms with Crippen molar-refractivity contribution < 1.29 is 9.53 Å². The number of ether oxygens (including phenoxy) is 1. The minimum atomic E-state index is -0.430. The van der Waals surface area contributed by atoms with Crippen LogP contribution in [0.2, 0.25) is 0 Å². The Morgan fingerprint density at radius 3 is 3.00 bits per heavy atom. The number of nitrogens with one attached hydrogen (secondary N) is 2. The van der Waals surface area contributed by atoms with Crippen LogP contribution in [0, 0.1) is 0 Å². The molecular weight excluding hydrogens is 324 g/mol. The summed E-state index contributed by atoms with van der Waals surface area (Å²) in [7, 11) is 0. The van der Waals surface area contributed by atoms with Crippen LogP contribution in [-0.2, 0) is 4.79 Å². The summed E-state index contributed by atoms with van der Waals surface area (Å²) in [5, 5.41) is 7.10. The van der Waals surface area contributed by atoms with Crippen molar-refractivity contribution in [3.05, 3.63) is 36.2 Å². The third-order valence-electron chi connectivity index (χ3n) is 3.88. The van der Waals surface area contributed by atoms with Gasteiger partial charge in [-0.25, -0.2) is 4.98 Å². The number of amides is 1. The first kappa shape index (κ1) is 16.6. The first-order valence-electron chi connectivity index (χ1n) is 7.84. The van der Waals surface area contributed by atoms with E-state index in [1.54, 1.807) is 24.2 Å². The second-order valence-electron chi connectivity index (χ2n) is 5.57. The standard InChI is InChI=1S/C17H20N4O2S/c1-4-13-17(22)20-12-6-5-11(7-14(12)23-13)10(2)19-15-8-18-9-16(21-15)24-3/h5-10,13H,4H2,1-3H3,(H,19,21)(H,20,22)/t10-,13+/m1/s1. The molecular formula is C17H20N4O2S. The van der Waals surface area contributed by atoms with Crippen molar-refractivity contribution in [2.45, 2.75) is 37.4 Å². The predicted molar refractivity (Wildman–Crippen MR) is 95.6 cm³/mol. The predicted octanol–water partition coefficient (Wildman–Crippen LogP) is 3.48. The summed E-state index contributed by atoms with van der Waals surface area (Å²) in [6.45, 7) is 3.98. The van der Waals surface area contributed by atoms with Gasteiger partial charge in [-0.15, -0.1) is 11.8 Å². The van der Waals surface area contributed by atoms with Gasteiger partial charge in [-0.1, -0.05) is 13.0 Å². The van der Waals surface area contributed by atoms with E-state index in [0.717, 1.165) is 16.4 Å². The van der Waals surface area contributed by atoms with Gasteiger partial charge in [0.15, 0.2) is 6.10 Å². The molecule has 0 aliphatic carbocycles. The number of hydrogen-bond acceptors (Lipinski definition) is 6. The number of anilines is 2. The lowest BCUT2D eigenvalue weighted by molar-refractivity contribution is -0.123. The van der Waals surface area contributed by atoms with Crippen LogP contribution in [0.3, 0.4) is 0 Å². The van der Waals surface area contributed by atoms with E-state index in [0.29, 0.717) is 17.9 Å². The topological polar surface area (TPSA) is 76.1 Å². The zero-order valence-electron chi connectivity index (χ0n) is 13.9. The Morgan fingerprint density at radius 2 is 2.25 bits per heavy atom. The summed E-state index contributed by atoms with van der Waals surface area (Å²) in [5.41, 5.74) is 1.76. The van der Waals surface area contributed by atoms with Crippen molar-refractivity contribution in [2.75, 3.05) is 16.9 Å². The molecule has 1 aromatic heterocycles. The van der Waals surface area contributed by atoms with Gasteiger partial charge in [0, 0.05) is 0 Å². The number of thioether (sulfide) groups is 1. The second kappa shape index (κ2) is 7.09. The van der Waals surface area contributed by atoms with Crippen molar-refractivity contribution in [1.29, 1.82) is 0 Å². The first-order valence-corrected chi connectivity index (χ1v) is 9.07. The highest BCUT2D eigenvalue weighted by molar-refractivity contribution is 7.98. The summed E-state index contributed by atoms with van der Waals surface area (Å²) in [4.78, 5) is 20.5. The van der Waals surface area contributed by atoms with E-state index in [1.165, 1.54) is 0 Å². The number of carbonyl (C=O) groups excluding carboxylic acids is 1. The van der Waals surface area contributed by atoms with Gasteiger partial charge in [0.25, 0.3) is 5.91 Å². The van der Waals surface area contributed by atoms with Gasteiger partial charge in [-0.05, 0) is 37.3 Å². The average Bonchev–Trinajstić information content (AvgIpc) is 2.60. The number of rotatable bonds is 5. The molecule has 1 aliphatic heterocycles. The fourth-order valence-corrected chi connectivity index (χ4v) is 2.87. The third kappa shape index (κ3) is 3.46. The van der Waals surface area contributed by atoms with Crippen LogP contribution in [0.25, 0.3) is 0 Å². The van der Waals surface area contributed by atoms with Gasteiger partial charge in [0.1, 0.15) is 16.6 Å². The molecule has 0 saturated heterocycles. The lowest BCUT2D eigenvalue weighted by Gasteiger charge is -2.26. The molecule has 0 radical (unpaired) electrons. The molecule has 126 valence electrons. The fourth-order valence-electron chi connectivity index (χ4n) is 2.52. The Hall–Kier alpha value is -2.28. The van der Waals surface area contributed by atoms with Crippen LogP contribution in [0.1, 0.15) is 31.9 Å². The molecule has 24 heavy (non-hydrogen) atoms. The van der Waals surface area contributed by atoms with E-state index < -0.39 is 6.10 Å². The molecule has 7 heteroatoms. The smallest absolute Gasteiger partial charge is 0.265 e. The molecule has 2 atom stereocenters. The molecule has 6 nitrogen and oxygen atoms in total. The normalized spacial score (nSPS) is 17.5. The highest BCUT2D eigenvalue weighted by Gasteiger charge is 2.26. The molecule has 2 aromatic rings. The molecule has 3 rings (SSSR count). The molecule has 1 amide bonds. The maximum absolute atomic E-state index is 11.8. The average molecular weight is 344 g/mol. The second-order valence-corrected chi connectivity index (χ2v) is 6.40. The molecule has 1 aromatic carbocycles. The van der Waals surface area contributed by atoms with E-state index in [4.69, 9.17) is 4.74 Å². The Bertz CT molecular complexity index is 753. The first-order chi connectivity index (χ1) is 11.6. The largest absolute Gasteiger partial charge is 0.478 e. The highest BCUT2D eigenvalue weighted by Crippen LogP contribution is 2.33. The van der Waals surface area contributed by atoms with E-state index in [2.05, 4.69) is 20.6 Å². The molecule has 0 bridgehead atoms. The van der Waals surface area contributed by atoms with E-state index in [-0.39, 0.29) is 11.9 Å². The van der Waals surface area contributed by atoms with Crippen molar-refractivity contribution in [3.8, 4) is 5.75 Å². The van der Waals surface area contributed by atoms with E-state index >= 15 is 0 Å². The quantitative estimate of drug-likeness (QED) is 0.809. The molecule has 1 aliphatic rings. The van der Waals surface area contributed by atoms with Gasteiger partial charge in [-0.3, -0.25) is 9.78 Å². The summed E-state index contributed by atoms with van der Waals surface area (Å²) in [6, 6.07) is 5.83. The van der Waals surface area contributed by atoms with Crippen LogP contribution in [0.5, 0.6) is 5.75 Å². The number of nitrogens with zero attached hydrogens (tertiary/aromatic N) is 2. The van der Waals surface area contributed by atoms with E-state index in [9.17, 15) is 4.79 Å². The third-order valence-corrected chi connectivity index (χ3v) is 4.50. The van der Waals surface area contributed by atoms with Crippen LogP contribution in [0.15, 0.2) is 35.6 Å². The van der Waals surface area contributed by atoms with Gasteiger partial charge in [0.2, 0.25) is 0 Å². The van der Waals surface area contributed by atoms with Crippen LogP contribution >= 0.6 is 11.8 Å². The Labute approximate surface area is 145 Å². The summed E-state index contributed by atoms with van der Waals surface area (Å²) >= 11 is 1.55. The van der Waals surface area contributed by atoms with Crippen molar-refractivity contribution in [2.24, 2.45) is 0 Å². The summed E-state index contributed by atoms with van der Waals surface area (Å²) < 4.78 is 5.80. The molecule has 0 unspecified atom stereocenters. The van der Waals surface area contributed by atoms with Crippen molar-refractivity contribution in [1.82, 2.24) is 9.97 Å². The monoisotopic (exact) mass is 344 g/mol. The summed E-state index contributed by atoms with van der Waals surface area (Å²) in [6.07, 6.45) is 5.62. The molecule has 0 spiro atoms.